The van der Waals surface area contributed by atoms with E-state index in [0.29, 0.717) is 34.5 Å². The smallest absolute Gasteiger partial charge is 0.226 e. The summed E-state index contributed by atoms with van der Waals surface area (Å²) in [6.07, 6.45) is 0.759. The average Bonchev–Trinajstić information content (AvgIpc) is 2.55. The van der Waals surface area contributed by atoms with Crippen LogP contribution in [0.2, 0.25) is 10.0 Å². The van der Waals surface area contributed by atoms with Gasteiger partial charge in [-0.1, -0.05) is 23.2 Å². The molecule has 5 nitrogen and oxygen atoms in total. The molecule has 25 heavy (non-hydrogen) atoms. The molecule has 0 saturated carbocycles. The van der Waals surface area contributed by atoms with Crippen molar-refractivity contribution in [1.29, 1.82) is 0 Å². The van der Waals surface area contributed by atoms with Crippen molar-refractivity contribution in [3.8, 4) is 11.5 Å². The maximum absolute atomic E-state index is 11.8. The van der Waals surface area contributed by atoms with Gasteiger partial charge in [0.25, 0.3) is 0 Å². The topological polar surface area (TPSA) is 70.6 Å². The first-order chi connectivity index (χ1) is 11.9. The second-order valence-corrected chi connectivity index (χ2v) is 6.33. The van der Waals surface area contributed by atoms with Gasteiger partial charge in [0.2, 0.25) is 5.91 Å². The number of nitrogens with one attached hydrogen (secondary N) is 2. The van der Waals surface area contributed by atoms with Gasteiger partial charge in [0.15, 0.2) is 5.11 Å². The highest BCUT2D eigenvalue weighted by atomic mass is 35.5. The molecule has 8 heteroatoms. The molecule has 0 bridgehead atoms. The van der Waals surface area contributed by atoms with E-state index < -0.39 is 0 Å². The minimum atomic E-state index is -0.220. The summed E-state index contributed by atoms with van der Waals surface area (Å²) < 4.78 is 5.51. The normalized spacial score (nSPS) is 10.2. The standard InChI is InChI=1S/C17H16Cl2N2O3S/c18-11-3-8-15(14(19)10-11)24-9-1-2-16(23)21-17(25)20-12-4-6-13(22)7-5-12/h3-8,10,22H,1-2,9H2,(H2,20,21,23,25). The molecule has 0 unspecified atom stereocenters. The number of anilines is 1. The van der Waals surface area contributed by atoms with Gasteiger partial charge in [-0.25, -0.2) is 0 Å². The zero-order valence-electron chi connectivity index (χ0n) is 13.1. The van der Waals surface area contributed by atoms with Crippen molar-refractivity contribution >= 4 is 52.1 Å². The number of thiocarbonyl (C=S) groups is 1. The summed E-state index contributed by atoms with van der Waals surface area (Å²) in [5.41, 5.74) is 0.670. The van der Waals surface area contributed by atoms with Gasteiger partial charge in [-0.3, -0.25) is 4.79 Å². The fourth-order valence-electron chi connectivity index (χ4n) is 1.90. The summed E-state index contributed by atoms with van der Waals surface area (Å²) in [7, 11) is 0. The zero-order valence-corrected chi connectivity index (χ0v) is 15.4. The summed E-state index contributed by atoms with van der Waals surface area (Å²) in [5.74, 6) is 0.458. The van der Waals surface area contributed by atoms with Crippen LogP contribution < -0.4 is 15.4 Å². The summed E-state index contributed by atoms with van der Waals surface area (Å²) in [4.78, 5) is 11.8. The van der Waals surface area contributed by atoms with E-state index in [0.717, 1.165) is 0 Å². The number of halogens is 2. The van der Waals surface area contributed by atoms with E-state index in [1.807, 2.05) is 0 Å². The van der Waals surface area contributed by atoms with Crippen molar-refractivity contribution in [1.82, 2.24) is 5.32 Å². The van der Waals surface area contributed by atoms with Crippen LogP contribution in [0.15, 0.2) is 42.5 Å². The fraction of sp³-hybridized carbons (Fsp3) is 0.176. The Hall–Kier alpha value is -2.02. The Labute approximate surface area is 160 Å². The molecule has 0 aliphatic heterocycles. The molecule has 2 aromatic carbocycles. The predicted molar refractivity (Wildman–Crippen MR) is 104 cm³/mol. The quantitative estimate of drug-likeness (QED) is 0.382. The molecule has 0 fully saturated rings. The lowest BCUT2D eigenvalue weighted by Gasteiger charge is -2.10. The van der Waals surface area contributed by atoms with Crippen LogP contribution in [0.1, 0.15) is 12.8 Å². The monoisotopic (exact) mass is 398 g/mol. The van der Waals surface area contributed by atoms with Crippen LogP contribution in [-0.2, 0) is 4.79 Å². The van der Waals surface area contributed by atoms with E-state index in [1.165, 1.54) is 12.1 Å². The number of hydrogen-bond acceptors (Lipinski definition) is 4. The number of ether oxygens (including phenoxy) is 1. The highest BCUT2D eigenvalue weighted by Crippen LogP contribution is 2.27. The number of rotatable bonds is 6. The molecule has 0 saturated heterocycles. The predicted octanol–water partition coefficient (Wildman–Crippen LogP) is 4.37. The molecule has 0 heterocycles. The van der Waals surface area contributed by atoms with Gasteiger partial charge in [-0.05, 0) is 61.1 Å². The number of phenolic OH excluding ortho intramolecular Hbond substituents is 1. The maximum Gasteiger partial charge on any atom is 0.226 e. The van der Waals surface area contributed by atoms with Crippen LogP contribution in [0.25, 0.3) is 0 Å². The number of carbonyl (C=O) groups excluding carboxylic acids is 1. The number of amides is 1. The third-order valence-corrected chi connectivity index (χ3v) is 3.81. The number of hydrogen-bond donors (Lipinski definition) is 3. The molecular formula is C17H16Cl2N2O3S. The average molecular weight is 399 g/mol. The third-order valence-electron chi connectivity index (χ3n) is 3.08. The first-order valence-electron chi connectivity index (χ1n) is 7.42. The Morgan fingerprint density at radius 3 is 2.56 bits per heavy atom. The third kappa shape index (κ3) is 6.78. The van der Waals surface area contributed by atoms with Crippen LogP contribution in [0, 0.1) is 0 Å². The minimum absolute atomic E-state index is 0.154. The highest BCUT2D eigenvalue weighted by Gasteiger charge is 2.06. The van der Waals surface area contributed by atoms with Gasteiger partial charge in [0, 0.05) is 17.1 Å². The lowest BCUT2D eigenvalue weighted by atomic mass is 10.3. The van der Waals surface area contributed by atoms with Crippen molar-refractivity contribution < 1.29 is 14.6 Å². The molecule has 3 N–H and O–H groups in total. The second kappa shape index (κ2) is 9.46. The van der Waals surface area contributed by atoms with Crippen LogP contribution >= 0.6 is 35.4 Å². The van der Waals surface area contributed by atoms with Gasteiger partial charge < -0.3 is 20.5 Å². The van der Waals surface area contributed by atoms with Crippen molar-refractivity contribution in [3.63, 3.8) is 0 Å². The number of benzene rings is 2. The molecule has 0 radical (unpaired) electrons. The highest BCUT2D eigenvalue weighted by molar-refractivity contribution is 7.80. The first kappa shape index (κ1) is 19.3. The van der Waals surface area contributed by atoms with Gasteiger partial charge in [0.05, 0.1) is 11.6 Å². The largest absolute Gasteiger partial charge is 0.508 e. The van der Waals surface area contributed by atoms with E-state index in [-0.39, 0.29) is 23.2 Å². The molecule has 1 amide bonds. The van der Waals surface area contributed by atoms with Crippen LogP contribution in [-0.4, -0.2) is 22.7 Å². The summed E-state index contributed by atoms with van der Waals surface area (Å²) in [5, 5.41) is 15.8. The Morgan fingerprint density at radius 1 is 1.16 bits per heavy atom. The lowest BCUT2D eigenvalue weighted by Crippen LogP contribution is -2.34. The summed E-state index contributed by atoms with van der Waals surface area (Å²) >= 11 is 16.9. The molecule has 0 aliphatic rings. The van der Waals surface area contributed by atoms with Crippen molar-refractivity contribution in [3.05, 3.63) is 52.5 Å². The SMILES string of the molecule is O=C(CCCOc1ccc(Cl)cc1Cl)NC(=S)Nc1ccc(O)cc1. The van der Waals surface area contributed by atoms with Crippen LogP contribution in [0.4, 0.5) is 5.69 Å². The van der Waals surface area contributed by atoms with E-state index >= 15 is 0 Å². The van der Waals surface area contributed by atoms with Crippen LogP contribution in [0.5, 0.6) is 11.5 Å². The van der Waals surface area contributed by atoms with Gasteiger partial charge in [-0.15, -0.1) is 0 Å². The molecule has 0 aromatic heterocycles. The number of aromatic hydroxyl groups is 1. The minimum Gasteiger partial charge on any atom is -0.508 e. The molecule has 0 aliphatic carbocycles. The lowest BCUT2D eigenvalue weighted by molar-refractivity contribution is -0.119. The summed E-state index contributed by atoms with van der Waals surface area (Å²) in [6.45, 7) is 0.340. The van der Waals surface area contributed by atoms with Crippen molar-refractivity contribution in [2.75, 3.05) is 11.9 Å². The van der Waals surface area contributed by atoms with Crippen LogP contribution in [0.3, 0.4) is 0 Å². The van der Waals surface area contributed by atoms with E-state index in [2.05, 4.69) is 10.6 Å². The maximum atomic E-state index is 11.8. The molecule has 0 spiro atoms. The van der Waals surface area contributed by atoms with E-state index in [1.54, 1.807) is 30.3 Å². The van der Waals surface area contributed by atoms with Gasteiger partial charge in [-0.2, -0.15) is 0 Å². The Bertz CT molecular complexity index is 754. The zero-order chi connectivity index (χ0) is 18.2. The Morgan fingerprint density at radius 2 is 1.88 bits per heavy atom. The van der Waals surface area contributed by atoms with E-state index in [9.17, 15) is 9.90 Å². The molecule has 132 valence electrons. The van der Waals surface area contributed by atoms with Crippen molar-refractivity contribution in [2.24, 2.45) is 0 Å². The van der Waals surface area contributed by atoms with Gasteiger partial charge in [0.1, 0.15) is 11.5 Å². The molecule has 2 rings (SSSR count). The second-order valence-electron chi connectivity index (χ2n) is 5.08. The molecule has 0 atom stereocenters. The molecule has 2 aromatic rings. The fourth-order valence-corrected chi connectivity index (χ4v) is 2.60. The Kier molecular flexibility index (Phi) is 7.31. The number of phenols is 1. The van der Waals surface area contributed by atoms with Crippen molar-refractivity contribution in [2.45, 2.75) is 12.8 Å². The van der Waals surface area contributed by atoms with Gasteiger partial charge >= 0.3 is 0 Å². The summed E-state index contributed by atoms with van der Waals surface area (Å²) in [6, 6.07) is 11.3. The van der Waals surface area contributed by atoms with E-state index in [4.69, 9.17) is 40.2 Å². The molecular weight excluding hydrogens is 383 g/mol. The number of carbonyl (C=O) groups is 1. The first-order valence-corrected chi connectivity index (χ1v) is 8.58. The Balaban J connectivity index is 1.68.